The highest BCUT2D eigenvalue weighted by atomic mass is 32.1. The molecule has 0 spiro atoms. The van der Waals surface area contributed by atoms with E-state index in [0.29, 0.717) is 0 Å². The third-order valence-corrected chi connectivity index (χ3v) is 3.85. The van der Waals surface area contributed by atoms with E-state index in [9.17, 15) is 0 Å². The predicted molar refractivity (Wildman–Crippen MR) is 66.8 cm³/mol. The number of aryl methyl sites for hydroxylation is 2. The van der Waals surface area contributed by atoms with Crippen molar-refractivity contribution in [3.63, 3.8) is 0 Å². The molecular formula is C13H11NOS. The minimum atomic E-state index is 0.919. The third kappa shape index (κ3) is 1.36. The second-order valence-corrected chi connectivity index (χ2v) is 5.01. The summed E-state index contributed by atoms with van der Waals surface area (Å²) in [5.41, 5.74) is 3.12. The zero-order chi connectivity index (χ0) is 11.1. The molecule has 3 heteroatoms. The Bertz CT molecular complexity index is 631. The Kier molecular flexibility index (Phi) is 2.07. The molecule has 0 fully saturated rings. The van der Waals surface area contributed by atoms with Gasteiger partial charge in [0.05, 0.1) is 11.3 Å². The Labute approximate surface area is 97.6 Å². The van der Waals surface area contributed by atoms with Crippen LogP contribution >= 0.6 is 11.3 Å². The minimum absolute atomic E-state index is 0.919. The fraction of sp³-hybridized carbons (Fsp3) is 0.154. The summed E-state index contributed by atoms with van der Waals surface area (Å²) in [5.74, 6) is 0. The molecule has 0 N–H and O–H groups in total. The molecule has 16 heavy (non-hydrogen) atoms. The Morgan fingerprint density at radius 2 is 2.00 bits per heavy atom. The number of thiazole rings is 1. The maximum Gasteiger partial charge on any atom is 0.134 e. The van der Waals surface area contributed by atoms with Crippen LogP contribution < -0.4 is 0 Å². The van der Waals surface area contributed by atoms with Crippen LogP contribution in [0.1, 0.15) is 10.6 Å². The zero-order valence-corrected chi connectivity index (χ0v) is 9.97. The summed E-state index contributed by atoms with van der Waals surface area (Å²) in [4.78, 5) is 5.83. The Hall–Kier alpha value is -1.61. The molecule has 0 saturated heterocycles. The highest BCUT2D eigenvalue weighted by Gasteiger charge is 2.11. The lowest BCUT2D eigenvalue weighted by Gasteiger charge is -1.90. The lowest BCUT2D eigenvalue weighted by Crippen LogP contribution is -1.75. The second kappa shape index (κ2) is 3.46. The Morgan fingerprint density at radius 3 is 2.75 bits per heavy atom. The molecule has 80 valence electrons. The van der Waals surface area contributed by atoms with Gasteiger partial charge in [-0.25, -0.2) is 4.98 Å². The molecule has 0 aliphatic carbocycles. The van der Waals surface area contributed by atoms with E-state index in [1.54, 1.807) is 17.6 Å². The number of fused-ring (bicyclic) bond motifs is 1. The average Bonchev–Trinajstić information content (AvgIpc) is 2.83. The largest absolute Gasteiger partial charge is 0.464 e. The van der Waals surface area contributed by atoms with Crippen molar-refractivity contribution in [3.8, 4) is 10.6 Å². The van der Waals surface area contributed by atoms with Crippen molar-refractivity contribution < 1.29 is 4.42 Å². The summed E-state index contributed by atoms with van der Waals surface area (Å²) >= 11 is 1.72. The van der Waals surface area contributed by atoms with Gasteiger partial charge in [-0.05, 0) is 19.9 Å². The molecule has 2 aromatic heterocycles. The van der Waals surface area contributed by atoms with E-state index in [1.807, 2.05) is 25.1 Å². The van der Waals surface area contributed by atoms with Gasteiger partial charge < -0.3 is 4.42 Å². The first kappa shape index (κ1) is 9.60. The molecule has 0 saturated carbocycles. The fourth-order valence-electron chi connectivity index (χ4n) is 1.73. The minimum Gasteiger partial charge on any atom is -0.464 e. The third-order valence-electron chi connectivity index (χ3n) is 2.74. The first-order valence-corrected chi connectivity index (χ1v) is 5.98. The van der Waals surface area contributed by atoms with E-state index in [-0.39, 0.29) is 0 Å². The summed E-state index contributed by atoms with van der Waals surface area (Å²) in [6, 6.07) is 8.05. The van der Waals surface area contributed by atoms with Crippen molar-refractivity contribution in [2.45, 2.75) is 13.8 Å². The van der Waals surface area contributed by atoms with Crippen LogP contribution in [0.4, 0.5) is 0 Å². The van der Waals surface area contributed by atoms with Gasteiger partial charge in [0.15, 0.2) is 0 Å². The Balaban J connectivity index is 2.26. The number of hydrogen-bond donors (Lipinski definition) is 0. The van der Waals surface area contributed by atoms with Crippen LogP contribution in [0.3, 0.4) is 0 Å². The molecule has 1 aromatic carbocycles. The molecular weight excluding hydrogens is 218 g/mol. The van der Waals surface area contributed by atoms with Crippen molar-refractivity contribution in [1.82, 2.24) is 4.98 Å². The molecule has 0 aliphatic rings. The van der Waals surface area contributed by atoms with Gasteiger partial charge in [-0.2, -0.15) is 0 Å². The van der Waals surface area contributed by atoms with Crippen molar-refractivity contribution in [2.24, 2.45) is 0 Å². The number of nitrogens with zero attached hydrogens (tertiary/aromatic N) is 1. The fourth-order valence-corrected chi connectivity index (χ4v) is 2.67. The van der Waals surface area contributed by atoms with Crippen molar-refractivity contribution in [3.05, 3.63) is 41.1 Å². The van der Waals surface area contributed by atoms with Gasteiger partial charge >= 0.3 is 0 Å². The molecule has 0 radical (unpaired) electrons. The van der Waals surface area contributed by atoms with Crippen LogP contribution in [-0.2, 0) is 0 Å². The zero-order valence-electron chi connectivity index (χ0n) is 9.15. The Morgan fingerprint density at radius 1 is 1.19 bits per heavy atom. The maximum atomic E-state index is 5.52. The molecule has 0 atom stereocenters. The summed E-state index contributed by atoms with van der Waals surface area (Å²) in [6.45, 7) is 4.14. The van der Waals surface area contributed by atoms with Crippen LogP contribution in [0.15, 0.2) is 34.9 Å². The van der Waals surface area contributed by atoms with E-state index in [4.69, 9.17) is 4.42 Å². The van der Waals surface area contributed by atoms with Gasteiger partial charge in [-0.15, -0.1) is 11.3 Å². The van der Waals surface area contributed by atoms with Crippen LogP contribution in [0.2, 0.25) is 0 Å². The van der Waals surface area contributed by atoms with Crippen LogP contribution in [0.5, 0.6) is 0 Å². The summed E-state index contributed by atoms with van der Waals surface area (Å²) in [5, 5.41) is 2.18. The first-order chi connectivity index (χ1) is 7.75. The molecule has 2 heterocycles. The highest BCUT2D eigenvalue weighted by Crippen LogP contribution is 2.33. The predicted octanol–water partition coefficient (Wildman–Crippen LogP) is 4.17. The van der Waals surface area contributed by atoms with Crippen LogP contribution in [0, 0.1) is 13.8 Å². The SMILES string of the molecule is Cc1nc(-c2coc3ccccc23)sc1C. The number of para-hydroxylation sites is 1. The molecule has 0 bridgehead atoms. The van der Waals surface area contributed by atoms with E-state index in [2.05, 4.69) is 18.0 Å². The number of furan rings is 1. The normalized spacial score (nSPS) is 11.1. The van der Waals surface area contributed by atoms with Gasteiger partial charge in [0.2, 0.25) is 0 Å². The van der Waals surface area contributed by atoms with Crippen LogP contribution in [-0.4, -0.2) is 4.98 Å². The lowest BCUT2D eigenvalue weighted by atomic mass is 10.2. The monoisotopic (exact) mass is 229 g/mol. The molecule has 0 amide bonds. The summed E-state index contributed by atoms with van der Waals surface area (Å²) < 4.78 is 5.52. The van der Waals surface area contributed by atoms with E-state index in [0.717, 1.165) is 27.2 Å². The number of benzene rings is 1. The van der Waals surface area contributed by atoms with Crippen molar-refractivity contribution >= 4 is 22.3 Å². The molecule has 2 nitrogen and oxygen atoms in total. The maximum absolute atomic E-state index is 5.52. The van der Waals surface area contributed by atoms with E-state index >= 15 is 0 Å². The van der Waals surface area contributed by atoms with Crippen LogP contribution in [0.25, 0.3) is 21.5 Å². The van der Waals surface area contributed by atoms with Gasteiger partial charge in [-0.1, -0.05) is 18.2 Å². The number of hydrogen-bond acceptors (Lipinski definition) is 3. The average molecular weight is 229 g/mol. The summed E-state index contributed by atoms with van der Waals surface area (Å²) in [6.07, 6.45) is 1.79. The highest BCUT2D eigenvalue weighted by molar-refractivity contribution is 7.15. The van der Waals surface area contributed by atoms with Gasteiger partial charge in [-0.3, -0.25) is 0 Å². The van der Waals surface area contributed by atoms with Gasteiger partial charge in [0, 0.05) is 10.3 Å². The molecule has 3 aromatic rings. The topological polar surface area (TPSA) is 26.0 Å². The second-order valence-electron chi connectivity index (χ2n) is 3.81. The number of rotatable bonds is 1. The first-order valence-electron chi connectivity index (χ1n) is 5.16. The lowest BCUT2D eigenvalue weighted by molar-refractivity contribution is 0.617. The van der Waals surface area contributed by atoms with Gasteiger partial charge in [0.1, 0.15) is 16.9 Å². The van der Waals surface area contributed by atoms with Crippen molar-refractivity contribution in [2.75, 3.05) is 0 Å². The van der Waals surface area contributed by atoms with Crippen molar-refractivity contribution in [1.29, 1.82) is 0 Å². The quantitative estimate of drug-likeness (QED) is 0.625. The van der Waals surface area contributed by atoms with E-state index in [1.165, 1.54) is 4.88 Å². The molecule has 0 unspecified atom stereocenters. The van der Waals surface area contributed by atoms with Gasteiger partial charge in [0.25, 0.3) is 0 Å². The standard InChI is InChI=1S/C13H11NOS/c1-8-9(2)16-13(14-8)11-7-15-12-6-4-3-5-10(11)12/h3-7H,1-2H3. The molecule has 3 rings (SSSR count). The smallest absolute Gasteiger partial charge is 0.134 e. The summed E-state index contributed by atoms with van der Waals surface area (Å²) in [7, 11) is 0. The van der Waals surface area contributed by atoms with E-state index < -0.39 is 0 Å². The number of aromatic nitrogens is 1. The molecule has 0 aliphatic heterocycles.